The average Bonchev–Trinajstić information content (AvgIpc) is 2.91. The van der Waals surface area contributed by atoms with Gasteiger partial charge in [-0.2, -0.15) is 0 Å². The molecule has 0 N–H and O–H groups in total. The van der Waals surface area contributed by atoms with Gasteiger partial charge in [0.25, 0.3) is 5.69 Å². The Morgan fingerprint density at radius 1 is 1.26 bits per heavy atom. The van der Waals surface area contributed by atoms with Crippen LogP contribution in [-0.2, 0) is 14.9 Å². The fraction of sp³-hybridized carbons (Fsp3) is 0.286. The van der Waals surface area contributed by atoms with Crippen molar-refractivity contribution in [2.45, 2.75) is 17.9 Å². The summed E-state index contributed by atoms with van der Waals surface area (Å²) in [6, 6.07) is 14.2. The number of para-hydroxylation sites is 1. The number of anilines is 1. The first kappa shape index (κ1) is 17.4. The van der Waals surface area contributed by atoms with E-state index in [0.29, 0.717) is 13.0 Å². The van der Waals surface area contributed by atoms with Gasteiger partial charge in [-0.05, 0) is 35.7 Å². The normalized spacial score (nSPS) is 26.9. The standard InChI is InChI=1S/C21H20N2O4/c1-3-16-19(14-8-10-15(11-9-14)23(25)26)27-13-12-21(16)17-6-4-5-7-18(17)22(2)20(21)24/h3-11,16,19H,1,12-13H2,2H3/t16-,19-,21+/m0/s1. The first-order chi connectivity index (χ1) is 13.0. The van der Waals surface area contributed by atoms with Crippen LogP contribution in [0.2, 0.25) is 0 Å². The maximum absolute atomic E-state index is 13.4. The minimum atomic E-state index is -0.724. The van der Waals surface area contributed by atoms with Crippen molar-refractivity contribution < 1.29 is 14.5 Å². The van der Waals surface area contributed by atoms with Gasteiger partial charge in [0.15, 0.2) is 0 Å². The Balaban J connectivity index is 1.81. The first-order valence-corrected chi connectivity index (χ1v) is 8.87. The Morgan fingerprint density at radius 3 is 2.63 bits per heavy atom. The number of hydrogen-bond donors (Lipinski definition) is 0. The third-order valence-corrected chi connectivity index (χ3v) is 5.81. The number of fused-ring (bicyclic) bond motifs is 2. The summed E-state index contributed by atoms with van der Waals surface area (Å²) < 4.78 is 6.04. The van der Waals surface area contributed by atoms with Gasteiger partial charge in [-0.25, -0.2) is 0 Å². The van der Waals surface area contributed by atoms with Crippen molar-refractivity contribution in [2.75, 3.05) is 18.6 Å². The quantitative estimate of drug-likeness (QED) is 0.472. The Labute approximate surface area is 157 Å². The lowest BCUT2D eigenvalue weighted by molar-refractivity contribution is -0.384. The van der Waals surface area contributed by atoms with Gasteiger partial charge in [-0.15, -0.1) is 6.58 Å². The van der Waals surface area contributed by atoms with Gasteiger partial charge >= 0.3 is 0 Å². The fourth-order valence-corrected chi connectivity index (χ4v) is 4.52. The molecular formula is C21H20N2O4. The van der Waals surface area contributed by atoms with Crippen molar-refractivity contribution in [2.24, 2.45) is 5.92 Å². The molecule has 1 spiro atoms. The number of nitro benzene ring substituents is 1. The van der Waals surface area contributed by atoms with E-state index in [1.165, 1.54) is 12.1 Å². The summed E-state index contributed by atoms with van der Waals surface area (Å²) in [5.74, 6) is -0.227. The second-order valence-corrected chi connectivity index (χ2v) is 7.00. The van der Waals surface area contributed by atoms with Crippen molar-refractivity contribution >= 4 is 17.3 Å². The highest BCUT2D eigenvalue weighted by Gasteiger charge is 2.57. The molecular weight excluding hydrogens is 344 g/mol. The number of amides is 1. The first-order valence-electron chi connectivity index (χ1n) is 8.87. The second kappa shape index (κ2) is 6.32. The van der Waals surface area contributed by atoms with Crippen molar-refractivity contribution in [1.82, 2.24) is 0 Å². The monoisotopic (exact) mass is 364 g/mol. The number of nitrogens with zero attached hydrogens (tertiary/aromatic N) is 2. The number of carbonyl (C=O) groups excluding carboxylic acids is 1. The number of ether oxygens (including phenoxy) is 1. The van der Waals surface area contributed by atoms with Crippen LogP contribution in [0, 0.1) is 16.0 Å². The summed E-state index contributed by atoms with van der Waals surface area (Å²) in [6.07, 6.45) is 1.98. The highest BCUT2D eigenvalue weighted by atomic mass is 16.6. The molecule has 2 aliphatic rings. The van der Waals surface area contributed by atoms with Crippen LogP contribution in [0.15, 0.2) is 61.2 Å². The van der Waals surface area contributed by atoms with E-state index in [1.807, 2.05) is 24.3 Å². The van der Waals surface area contributed by atoms with E-state index in [9.17, 15) is 14.9 Å². The molecule has 0 unspecified atom stereocenters. The number of rotatable bonds is 3. The Hall–Kier alpha value is -2.99. The number of benzene rings is 2. The minimum absolute atomic E-state index is 0.0291. The lowest BCUT2D eigenvalue weighted by atomic mass is 9.64. The summed E-state index contributed by atoms with van der Waals surface area (Å²) in [7, 11) is 1.80. The predicted octanol–water partition coefficient (Wildman–Crippen LogP) is 3.77. The van der Waals surface area contributed by atoms with E-state index in [2.05, 4.69) is 6.58 Å². The molecule has 2 aromatic carbocycles. The number of nitro groups is 1. The fourth-order valence-electron chi connectivity index (χ4n) is 4.52. The van der Waals surface area contributed by atoms with Gasteiger partial charge in [0, 0.05) is 37.4 Å². The molecule has 1 saturated heterocycles. The molecule has 1 amide bonds. The van der Waals surface area contributed by atoms with Crippen LogP contribution in [0.5, 0.6) is 0 Å². The van der Waals surface area contributed by atoms with E-state index in [4.69, 9.17) is 4.74 Å². The van der Waals surface area contributed by atoms with Gasteiger partial charge in [0.2, 0.25) is 5.91 Å². The zero-order valence-corrected chi connectivity index (χ0v) is 15.0. The Kier molecular flexibility index (Phi) is 4.08. The second-order valence-electron chi connectivity index (χ2n) is 7.00. The third kappa shape index (κ3) is 2.40. The minimum Gasteiger partial charge on any atom is -0.373 e. The average molecular weight is 364 g/mol. The van der Waals surface area contributed by atoms with Crippen LogP contribution >= 0.6 is 0 Å². The van der Waals surface area contributed by atoms with Crippen LogP contribution in [-0.4, -0.2) is 24.5 Å². The summed E-state index contributed by atoms with van der Waals surface area (Å²) in [6.45, 7) is 4.43. The smallest absolute Gasteiger partial charge is 0.269 e. The number of likely N-dealkylation sites (N-methyl/N-ethyl adjacent to an activating group) is 1. The lowest BCUT2D eigenvalue weighted by Gasteiger charge is -2.43. The van der Waals surface area contributed by atoms with Crippen LogP contribution < -0.4 is 4.90 Å². The van der Waals surface area contributed by atoms with Crippen LogP contribution in [0.1, 0.15) is 23.7 Å². The SMILES string of the molecule is C=C[C@H]1[C@H](c2ccc([N+](=O)[O-])cc2)OCC[C@@]12C(=O)N(C)c1ccccc12. The number of non-ortho nitro benzene ring substituents is 1. The molecule has 27 heavy (non-hydrogen) atoms. The molecule has 0 aliphatic carbocycles. The van der Waals surface area contributed by atoms with E-state index in [0.717, 1.165) is 16.8 Å². The molecule has 4 rings (SSSR count). The van der Waals surface area contributed by atoms with Crippen molar-refractivity contribution in [3.05, 3.63) is 82.4 Å². The highest BCUT2D eigenvalue weighted by molar-refractivity contribution is 6.08. The van der Waals surface area contributed by atoms with Crippen LogP contribution in [0.4, 0.5) is 11.4 Å². The molecule has 138 valence electrons. The predicted molar refractivity (Wildman–Crippen MR) is 102 cm³/mol. The van der Waals surface area contributed by atoms with Gasteiger partial charge in [0.1, 0.15) is 0 Å². The van der Waals surface area contributed by atoms with Crippen LogP contribution in [0.3, 0.4) is 0 Å². The third-order valence-electron chi connectivity index (χ3n) is 5.81. The number of carbonyl (C=O) groups is 1. The molecule has 0 radical (unpaired) electrons. The zero-order chi connectivity index (χ0) is 19.2. The van der Waals surface area contributed by atoms with Gasteiger partial charge < -0.3 is 9.64 Å². The van der Waals surface area contributed by atoms with E-state index in [1.54, 1.807) is 30.2 Å². The van der Waals surface area contributed by atoms with Crippen molar-refractivity contribution in [3.63, 3.8) is 0 Å². The molecule has 6 nitrogen and oxygen atoms in total. The summed E-state index contributed by atoms with van der Waals surface area (Å²) in [5.41, 5.74) is 2.03. The zero-order valence-electron chi connectivity index (χ0n) is 15.0. The van der Waals surface area contributed by atoms with Crippen molar-refractivity contribution in [3.8, 4) is 0 Å². The number of hydrogen-bond acceptors (Lipinski definition) is 4. The Morgan fingerprint density at radius 2 is 1.96 bits per heavy atom. The molecule has 1 fully saturated rings. The van der Waals surface area contributed by atoms with Crippen molar-refractivity contribution in [1.29, 1.82) is 0 Å². The van der Waals surface area contributed by atoms with Crippen LogP contribution in [0.25, 0.3) is 0 Å². The summed E-state index contributed by atoms with van der Waals surface area (Å²) in [5, 5.41) is 10.9. The Bertz CT molecular complexity index is 924. The molecule has 0 aromatic heterocycles. The van der Waals surface area contributed by atoms with E-state index >= 15 is 0 Å². The molecule has 0 bridgehead atoms. The molecule has 2 aliphatic heterocycles. The summed E-state index contributed by atoms with van der Waals surface area (Å²) in [4.78, 5) is 25.6. The van der Waals surface area contributed by atoms with E-state index < -0.39 is 10.3 Å². The molecule has 6 heteroatoms. The lowest BCUT2D eigenvalue weighted by Crippen LogP contribution is -2.50. The van der Waals surface area contributed by atoms with Gasteiger partial charge in [0.05, 0.1) is 16.4 Å². The summed E-state index contributed by atoms with van der Waals surface area (Å²) >= 11 is 0. The molecule has 2 heterocycles. The topological polar surface area (TPSA) is 72.7 Å². The molecule has 3 atom stereocenters. The van der Waals surface area contributed by atoms with Gasteiger partial charge in [-0.1, -0.05) is 24.3 Å². The molecule has 0 saturated carbocycles. The molecule has 2 aromatic rings. The maximum atomic E-state index is 13.4. The highest BCUT2D eigenvalue weighted by Crippen LogP contribution is 2.54. The van der Waals surface area contributed by atoms with Gasteiger partial charge in [-0.3, -0.25) is 14.9 Å². The van der Waals surface area contributed by atoms with E-state index in [-0.39, 0.29) is 23.6 Å². The largest absolute Gasteiger partial charge is 0.373 e. The maximum Gasteiger partial charge on any atom is 0.269 e.